The number of halogens is 1. The molecule has 0 unspecified atom stereocenters. The Morgan fingerprint density at radius 2 is 2.27 bits per heavy atom. The number of rotatable bonds is 5. The lowest BCUT2D eigenvalue weighted by atomic mass is 10.3. The minimum atomic E-state index is 0.613. The number of thioether (sulfide) groups is 1. The Kier molecular flexibility index (Phi) is 3.78. The molecule has 2 rings (SSSR count). The van der Waals surface area contributed by atoms with Crippen LogP contribution in [0.2, 0.25) is 5.02 Å². The second-order valence-electron chi connectivity index (χ2n) is 3.76. The highest BCUT2D eigenvalue weighted by Gasteiger charge is 2.20. The first-order chi connectivity index (χ1) is 7.25. The summed E-state index contributed by atoms with van der Waals surface area (Å²) in [5.74, 6) is 1.51. The summed E-state index contributed by atoms with van der Waals surface area (Å²) in [6.45, 7) is 0.899. The monoisotopic (exact) mass is 243 g/mol. The summed E-state index contributed by atoms with van der Waals surface area (Å²) in [5, 5.41) is 0.613. The highest BCUT2D eigenvalue weighted by Crippen LogP contribution is 2.30. The number of hydrogen-bond acceptors (Lipinski definition) is 3. The van der Waals surface area contributed by atoms with Crippen molar-refractivity contribution in [3.05, 3.63) is 23.2 Å². The highest BCUT2D eigenvalue weighted by atomic mass is 35.5. The quantitative estimate of drug-likeness (QED) is 0.373. The third-order valence-electron chi connectivity index (χ3n) is 2.33. The summed E-state index contributed by atoms with van der Waals surface area (Å²) >= 11 is 7.56. The lowest BCUT2D eigenvalue weighted by Crippen LogP contribution is -1.95. The van der Waals surface area contributed by atoms with Crippen LogP contribution in [0.25, 0.3) is 0 Å². The predicted molar refractivity (Wildman–Crippen MR) is 65.3 cm³/mol. The van der Waals surface area contributed by atoms with E-state index in [1.807, 2.05) is 18.2 Å². The third kappa shape index (κ3) is 3.59. The zero-order valence-electron chi connectivity index (χ0n) is 8.41. The van der Waals surface area contributed by atoms with E-state index in [-0.39, 0.29) is 0 Å². The molecule has 0 bridgehead atoms. The summed E-state index contributed by atoms with van der Waals surface area (Å²) in [6, 6.07) is 5.67. The van der Waals surface area contributed by atoms with Crippen LogP contribution in [0.1, 0.15) is 12.8 Å². The Bertz CT molecular complexity index is 341. The second-order valence-corrected chi connectivity index (χ2v) is 5.16. The van der Waals surface area contributed by atoms with Gasteiger partial charge in [0.25, 0.3) is 0 Å². The van der Waals surface area contributed by atoms with Crippen LogP contribution in [-0.2, 0) is 4.74 Å². The Balaban J connectivity index is 1.74. The van der Waals surface area contributed by atoms with Crippen LogP contribution in [0.4, 0.5) is 5.69 Å². The van der Waals surface area contributed by atoms with E-state index in [4.69, 9.17) is 22.1 Å². The van der Waals surface area contributed by atoms with Gasteiger partial charge in [-0.1, -0.05) is 23.4 Å². The molecule has 0 heterocycles. The van der Waals surface area contributed by atoms with Gasteiger partial charge in [-0.3, -0.25) is 0 Å². The molecule has 0 aliphatic heterocycles. The van der Waals surface area contributed by atoms with Crippen molar-refractivity contribution in [3.63, 3.8) is 0 Å². The molecular formula is C11H14ClNOS. The first-order valence-electron chi connectivity index (χ1n) is 5.01. The van der Waals surface area contributed by atoms with E-state index in [2.05, 4.69) is 0 Å². The Morgan fingerprint density at radius 1 is 1.47 bits per heavy atom. The molecule has 1 aromatic carbocycles. The van der Waals surface area contributed by atoms with Gasteiger partial charge in [-0.2, -0.15) is 0 Å². The predicted octanol–water partition coefficient (Wildman–Crippen LogP) is 3.40. The molecule has 0 radical (unpaired) electrons. The van der Waals surface area contributed by atoms with E-state index in [9.17, 15) is 0 Å². The van der Waals surface area contributed by atoms with Gasteiger partial charge in [0.2, 0.25) is 0 Å². The zero-order chi connectivity index (χ0) is 10.7. The van der Waals surface area contributed by atoms with Gasteiger partial charge >= 0.3 is 0 Å². The van der Waals surface area contributed by atoms with Crippen LogP contribution in [0.15, 0.2) is 23.1 Å². The molecule has 1 aromatic rings. The van der Waals surface area contributed by atoms with Crippen LogP contribution >= 0.6 is 23.4 Å². The van der Waals surface area contributed by atoms with E-state index in [0.29, 0.717) is 16.6 Å². The SMILES string of the molecule is Nc1ccc(SCOCC2CC2)cc1Cl. The molecule has 82 valence electrons. The lowest BCUT2D eigenvalue weighted by molar-refractivity contribution is 0.171. The van der Waals surface area contributed by atoms with Crippen molar-refractivity contribution in [3.8, 4) is 0 Å². The summed E-state index contributed by atoms with van der Waals surface area (Å²) in [6.07, 6.45) is 2.66. The number of hydrogen-bond donors (Lipinski definition) is 1. The molecule has 0 spiro atoms. The van der Waals surface area contributed by atoms with Crippen molar-refractivity contribution in [1.82, 2.24) is 0 Å². The second kappa shape index (κ2) is 5.10. The molecule has 2 nitrogen and oxygen atoms in total. The number of ether oxygens (including phenoxy) is 1. The molecular weight excluding hydrogens is 230 g/mol. The average molecular weight is 244 g/mol. The summed E-state index contributed by atoms with van der Waals surface area (Å²) in [7, 11) is 0. The van der Waals surface area contributed by atoms with Crippen molar-refractivity contribution in [2.45, 2.75) is 17.7 Å². The van der Waals surface area contributed by atoms with Gasteiger partial charge in [-0.25, -0.2) is 0 Å². The maximum absolute atomic E-state index is 5.91. The van der Waals surface area contributed by atoms with Crippen LogP contribution in [0.3, 0.4) is 0 Å². The fourth-order valence-electron chi connectivity index (χ4n) is 1.21. The van der Waals surface area contributed by atoms with Crippen LogP contribution in [0.5, 0.6) is 0 Å². The molecule has 4 heteroatoms. The van der Waals surface area contributed by atoms with Gasteiger partial charge in [0, 0.05) is 4.90 Å². The minimum absolute atomic E-state index is 0.613. The standard InChI is InChI=1S/C11H14ClNOS/c12-10-5-9(3-4-11(10)13)15-7-14-6-8-1-2-8/h3-5,8H,1-2,6-7,13H2. The lowest BCUT2D eigenvalue weighted by Gasteiger charge is -2.04. The number of anilines is 1. The largest absolute Gasteiger partial charge is 0.398 e. The summed E-state index contributed by atoms with van der Waals surface area (Å²) < 4.78 is 5.52. The van der Waals surface area contributed by atoms with E-state index < -0.39 is 0 Å². The minimum Gasteiger partial charge on any atom is -0.398 e. The molecule has 0 atom stereocenters. The van der Waals surface area contributed by atoms with E-state index in [1.54, 1.807) is 11.8 Å². The van der Waals surface area contributed by atoms with Crippen molar-refractivity contribution in [2.75, 3.05) is 18.3 Å². The van der Waals surface area contributed by atoms with Gasteiger partial charge in [0.15, 0.2) is 0 Å². The fourth-order valence-corrected chi connectivity index (χ4v) is 2.13. The van der Waals surface area contributed by atoms with Gasteiger partial charge < -0.3 is 10.5 Å². The van der Waals surface area contributed by atoms with Crippen molar-refractivity contribution < 1.29 is 4.74 Å². The Hall–Kier alpha value is -0.380. The normalized spacial score (nSPS) is 15.5. The highest BCUT2D eigenvalue weighted by molar-refractivity contribution is 7.99. The van der Waals surface area contributed by atoms with Gasteiger partial charge in [0.05, 0.1) is 23.3 Å². The number of benzene rings is 1. The molecule has 1 aliphatic carbocycles. The average Bonchev–Trinajstić information content (AvgIpc) is 3.02. The van der Waals surface area contributed by atoms with Gasteiger partial charge in [-0.05, 0) is 37.0 Å². The third-order valence-corrected chi connectivity index (χ3v) is 3.53. The van der Waals surface area contributed by atoms with Gasteiger partial charge in [0.1, 0.15) is 0 Å². The number of nitrogen functional groups attached to an aromatic ring is 1. The van der Waals surface area contributed by atoms with Gasteiger partial charge in [-0.15, -0.1) is 0 Å². The molecule has 1 aliphatic rings. The topological polar surface area (TPSA) is 35.2 Å². The van der Waals surface area contributed by atoms with E-state index >= 15 is 0 Å². The molecule has 0 aromatic heterocycles. The molecule has 1 saturated carbocycles. The first-order valence-corrected chi connectivity index (χ1v) is 6.37. The van der Waals surface area contributed by atoms with E-state index in [1.165, 1.54) is 12.8 Å². The van der Waals surface area contributed by atoms with Crippen LogP contribution in [-0.4, -0.2) is 12.5 Å². The molecule has 0 saturated heterocycles. The zero-order valence-corrected chi connectivity index (χ0v) is 9.98. The molecule has 0 amide bonds. The number of nitrogens with two attached hydrogens (primary N) is 1. The van der Waals surface area contributed by atoms with E-state index in [0.717, 1.165) is 17.4 Å². The Morgan fingerprint density at radius 3 is 2.93 bits per heavy atom. The molecule has 15 heavy (non-hydrogen) atoms. The molecule has 1 fully saturated rings. The maximum atomic E-state index is 5.91. The molecule has 2 N–H and O–H groups in total. The van der Waals surface area contributed by atoms with Crippen molar-refractivity contribution in [2.24, 2.45) is 5.92 Å². The Labute approximate surface area is 99.1 Å². The maximum Gasteiger partial charge on any atom is 0.0967 e. The fraction of sp³-hybridized carbons (Fsp3) is 0.455. The summed E-state index contributed by atoms with van der Waals surface area (Å²) in [5.41, 5.74) is 6.24. The smallest absolute Gasteiger partial charge is 0.0967 e. The first kappa shape index (κ1) is 11.1. The van der Waals surface area contributed by atoms with Crippen LogP contribution in [0, 0.1) is 5.92 Å². The summed E-state index contributed by atoms with van der Waals surface area (Å²) in [4.78, 5) is 1.10. The van der Waals surface area contributed by atoms with Crippen molar-refractivity contribution in [1.29, 1.82) is 0 Å². The van der Waals surface area contributed by atoms with Crippen LogP contribution < -0.4 is 5.73 Å². The van der Waals surface area contributed by atoms with Crippen molar-refractivity contribution >= 4 is 29.1 Å².